The standard InChI is InChI=1S/C9H13F2N3O2/c1-9(2,3)16-8(15)13-6-4-5-12-14(6)7(10)11/h4-5,7H,1-3H3,(H,13,15). The lowest BCUT2D eigenvalue weighted by Gasteiger charge is -2.19. The van der Waals surface area contributed by atoms with E-state index in [1.165, 1.54) is 12.3 Å². The van der Waals surface area contributed by atoms with Crippen LogP contribution >= 0.6 is 0 Å². The molecule has 0 saturated carbocycles. The van der Waals surface area contributed by atoms with Crippen LogP contribution in [0.25, 0.3) is 0 Å². The molecule has 0 unspecified atom stereocenters. The molecule has 0 aromatic carbocycles. The van der Waals surface area contributed by atoms with Gasteiger partial charge in [0.25, 0.3) is 0 Å². The van der Waals surface area contributed by atoms with Gasteiger partial charge in [0.2, 0.25) is 0 Å². The Morgan fingerprint density at radius 3 is 2.69 bits per heavy atom. The third kappa shape index (κ3) is 3.48. The van der Waals surface area contributed by atoms with Crippen LogP contribution in [0.15, 0.2) is 12.3 Å². The van der Waals surface area contributed by atoms with E-state index in [0.717, 1.165) is 0 Å². The van der Waals surface area contributed by atoms with Crippen molar-refractivity contribution >= 4 is 11.9 Å². The fraction of sp³-hybridized carbons (Fsp3) is 0.556. The van der Waals surface area contributed by atoms with Gasteiger partial charge in [-0.2, -0.15) is 18.6 Å². The summed E-state index contributed by atoms with van der Waals surface area (Å²) in [5.41, 5.74) is -0.681. The Morgan fingerprint density at radius 1 is 1.56 bits per heavy atom. The first-order chi connectivity index (χ1) is 7.29. The maximum Gasteiger partial charge on any atom is 0.413 e. The zero-order valence-electron chi connectivity index (χ0n) is 9.20. The van der Waals surface area contributed by atoms with Crippen LogP contribution in [0.5, 0.6) is 0 Å². The van der Waals surface area contributed by atoms with Gasteiger partial charge in [-0.25, -0.2) is 4.79 Å². The number of anilines is 1. The summed E-state index contributed by atoms with van der Waals surface area (Å²) in [7, 11) is 0. The molecule has 16 heavy (non-hydrogen) atoms. The number of halogens is 2. The van der Waals surface area contributed by atoms with Crippen molar-refractivity contribution < 1.29 is 18.3 Å². The van der Waals surface area contributed by atoms with Gasteiger partial charge in [-0.3, -0.25) is 5.32 Å². The number of hydrogen-bond donors (Lipinski definition) is 1. The molecule has 0 bridgehead atoms. The van der Waals surface area contributed by atoms with Gasteiger partial charge in [0, 0.05) is 6.07 Å². The number of nitrogens with zero attached hydrogens (tertiary/aromatic N) is 2. The van der Waals surface area contributed by atoms with Gasteiger partial charge < -0.3 is 4.74 Å². The Kier molecular flexibility index (Phi) is 3.46. The lowest BCUT2D eigenvalue weighted by Crippen LogP contribution is -2.28. The second-order valence-corrected chi connectivity index (χ2v) is 4.07. The molecule has 0 aliphatic carbocycles. The first kappa shape index (κ1) is 12.4. The fourth-order valence-electron chi connectivity index (χ4n) is 0.977. The van der Waals surface area contributed by atoms with Crippen molar-refractivity contribution in [3.8, 4) is 0 Å². The van der Waals surface area contributed by atoms with E-state index in [1.54, 1.807) is 20.8 Å². The zero-order valence-corrected chi connectivity index (χ0v) is 9.20. The predicted octanol–water partition coefficient (Wildman–Crippen LogP) is 2.63. The molecule has 0 atom stereocenters. The molecule has 5 nitrogen and oxygen atoms in total. The van der Waals surface area contributed by atoms with Gasteiger partial charge in [0.1, 0.15) is 11.4 Å². The summed E-state index contributed by atoms with van der Waals surface area (Å²) in [6.45, 7) is 2.23. The minimum atomic E-state index is -2.81. The summed E-state index contributed by atoms with van der Waals surface area (Å²) in [5.74, 6) is -0.107. The molecular formula is C9H13F2N3O2. The van der Waals surface area contributed by atoms with E-state index in [1.807, 2.05) is 0 Å². The number of carbonyl (C=O) groups is 1. The quantitative estimate of drug-likeness (QED) is 0.854. The monoisotopic (exact) mass is 233 g/mol. The first-order valence-electron chi connectivity index (χ1n) is 4.61. The van der Waals surface area contributed by atoms with Crippen molar-refractivity contribution in [3.05, 3.63) is 12.3 Å². The number of amides is 1. The van der Waals surface area contributed by atoms with E-state index in [4.69, 9.17) is 4.74 Å². The topological polar surface area (TPSA) is 56.1 Å². The Balaban J connectivity index is 2.67. The van der Waals surface area contributed by atoms with Crippen LogP contribution in [0.3, 0.4) is 0 Å². The Labute approximate surface area is 91.4 Å². The molecule has 0 aliphatic heterocycles. The smallest absolute Gasteiger partial charge is 0.413 e. The van der Waals surface area contributed by atoms with Crippen LogP contribution in [0, 0.1) is 0 Å². The van der Waals surface area contributed by atoms with Crippen molar-refractivity contribution in [2.24, 2.45) is 0 Å². The second-order valence-electron chi connectivity index (χ2n) is 4.07. The minimum Gasteiger partial charge on any atom is -0.444 e. The molecule has 0 fully saturated rings. The maximum atomic E-state index is 12.4. The van der Waals surface area contributed by atoms with Crippen molar-refractivity contribution in [1.29, 1.82) is 0 Å². The summed E-state index contributed by atoms with van der Waals surface area (Å²) in [6.07, 6.45) is 0.369. The number of nitrogens with one attached hydrogen (secondary N) is 1. The van der Waals surface area contributed by atoms with Gasteiger partial charge in [0.15, 0.2) is 0 Å². The number of rotatable bonds is 2. The average molecular weight is 233 g/mol. The molecule has 1 aromatic rings. The molecular weight excluding hydrogens is 220 g/mol. The van der Waals surface area contributed by atoms with E-state index in [-0.39, 0.29) is 5.82 Å². The van der Waals surface area contributed by atoms with E-state index in [0.29, 0.717) is 4.68 Å². The van der Waals surface area contributed by atoms with Gasteiger partial charge >= 0.3 is 12.6 Å². The van der Waals surface area contributed by atoms with E-state index < -0.39 is 18.2 Å². The molecule has 0 radical (unpaired) electrons. The van der Waals surface area contributed by atoms with Crippen molar-refractivity contribution in [2.45, 2.75) is 32.9 Å². The normalized spacial score (nSPS) is 11.6. The van der Waals surface area contributed by atoms with Crippen LogP contribution in [0.2, 0.25) is 0 Å². The zero-order chi connectivity index (χ0) is 12.3. The highest BCUT2D eigenvalue weighted by Gasteiger charge is 2.19. The number of ether oxygens (including phenoxy) is 1. The van der Waals surface area contributed by atoms with E-state index in [2.05, 4.69) is 10.4 Å². The SMILES string of the molecule is CC(C)(C)OC(=O)Nc1ccnn1C(F)F. The second kappa shape index (κ2) is 4.46. The average Bonchev–Trinajstić information content (AvgIpc) is 2.47. The molecule has 1 rings (SSSR count). The lowest BCUT2D eigenvalue weighted by atomic mass is 10.2. The summed E-state index contributed by atoms with van der Waals surface area (Å²) >= 11 is 0. The van der Waals surface area contributed by atoms with Crippen LogP contribution in [-0.4, -0.2) is 21.5 Å². The molecule has 1 N–H and O–H groups in total. The van der Waals surface area contributed by atoms with Crippen LogP contribution in [0.1, 0.15) is 27.3 Å². The molecule has 0 saturated heterocycles. The Hall–Kier alpha value is -1.66. The first-order valence-corrected chi connectivity index (χ1v) is 4.61. The molecule has 0 spiro atoms. The van der Waals surface area contributed by atoms with Gasteiger partial charge in [-0.05, 0) is 20.8 Å². The van der Waals surface area contributed by atoms with Crippen LogP contribution in [0.4, 0.5) is 19.4 Å². The highest BCUT2D eigenvalue weighted by atomic mass is 19.3. The Bertz CT molecular complexity index is 371. The van der Waals surface area contributed by atoms with Crippen molar-refractivity contribution in [2.75, 3.05) is 5.32 Å². The maximum absolute atomic E-state index is 12.4. The number of aromatic nitrogens is 2. The summed E-state index contributed by atoms with van der Waals surface area (Å²) in [5, 5.41) is 5.55. The predicted molar refractivity (Wildman–Crippen MR) is 53.3 cm³/mol. The summed E-state index contributed by atoms with van der Waals surface area (Å²) in [6, 6.07) is 1.26. The van der Waals surface area contributed by atoms with Gasteiger partial charge in [-0.1, -0.05) is 0 Å². The van der Waals surface area contributed by atoms with Crippen LogP contribution in [-0.2, 0) is 4.74 Å². The molecule has 1 heterocycles. The molecule has 7 heteroatoms. The molecule has 1 amide bonds. The van der Waals surface area contributed by atoms with E-state index in [9.17, 15) is 13.6 Å². The van der Waals surface area contributed by atoms with E-state index >= 15 is 0 Å². The highest BCUT2D eigenvalue weighted by molar-refractivity contribution is 5.83. The number of hydrogen-bond acceptors (Lipinski definition) is 3. The molecule has 1 aromatic heterocycles. The highest BCUT2D eigenvalue weighted by Crippen LogP contribution is 2.17. The van der Waals surface area contributed by atoms with Gasteiger partial charge in [-0.15, -0.1) is 0 Å². The number of alkyl halides is 2. The molecule has 0 aliphatic rings. The third-order valence-corrected chi connectivity index (χ3v) is 1.48. The minimum absolute atomic E-state index is 0.107. The Morgan fingerprint density at radius 2 is 2.19 bits per heavy atom. The molecule has 90 valence electrons. The summed E-state index contributed by atoms with van der Waals surface area (Å²) < 4.78 is 30.0. The third-order valence-electron chi connectivity index (χ3n) is 1.48. The largest absolute Gasteiger partial charge is 0.444 e. The fourth-order valence-corrected chi connectivity index (χ4v) is 0.977. The van der Waals surface area contributed by atoms with Gasteiger partial charge in [0.05, 0.1) is 6.20 Å². The summed E-state index contributed by atoms with van der Waals surface area (Å²) in [4.78, 5) is 11.3. The number of carbonyl (C=O) groups excluding carboxylic acids is 1. The van der Waals surface area contributed by atoms with Crippen molar-refractivity contribution in [3.63, 3.8) is 0 Å². The van der Waals surface area contributed by atoms with Crippen molar-refractivity contribution in [1.82, 2.24) is 9.78 Å². The lowest BCUT2D eigenvalue weighted by molar-refractivity contribution is 0.0559. The van der Waals surface area contributed by atoms with Crippen LogP contribution < -0.4 is 5.32 Å².